The summed E-state index contributed by atoms with van der Waals surface area (Å²) < 4.78 is 5.26. The molecular weight excluding hydrogens is 364 g/mol. The molecule has 1 amide bonds. The number of aromatic nitrogens is 2. The van der Waals surface area contributed by atoms with Crippen molar-refractivity contribution in [3.05, 3.63) is 35.7 Å². The number of carbonyl (C=O) groups excluding carboxylic acids is 1. The lowest BCUT2D eigenvalue weighted by Gasteiger charge is -2.25. The Morgan fingerprint density at radius 1 is 1.10 bits per heavy atom. The van der Waals surface area contributed by atoms with Gasteiger partial charge in [0.05, 0.1) is 12.6 Å². The Morgan fingerprint density at radius 2 is 1.79 bits per heavy atom. The van der Waals surface area contributed by atoms with Crippen LogP contribution in [0.25, 0.3) is 11.4 Å². The quantitative estimate of drug-likeness (QED) is 0.489. The number of amides is 1. The van der Waals surface area contributed by atoms with E-state index in [-0.39, 0.29) is 18.5 Å². The number of nitrogens with zero attached hydrogens (tertiary/aromatic N) is 2. The number of benzene rings is 1. The van der Waals surface area contributed by atoms with Crippen molar-refractivity contribution in [2.75, 3.05) is 6.54 Å². The number of aryl methyl sites for hydroxylation is 1. The number of nitrogens with one attached hydrogen (secondary N) is 2. The van der Waals surface area contributed by atoms with Gasteiger partial charge >= 0.3 is 0 Å². The highest BCUT2D eigenvalue weighted by atomic mass is 16.5. The molecule has 0 bridgehead atoms. The van der Waals surface area contributed by atoms with Gasteiger partial charge in [-0.2, -0.15) is 4.98 Å². The molecule has 0 radical (unpaired) electrons. The van der Waals surface area contributed by atoms with E-state index in [0.29, 0.717) is 11.7 Å². The van der Waals surface area contributed by atoms with E-state index in [9.17, 15) is 4.79 Å². The zero-order chi connectivity index (χ0) is 20.3. The van der Waals surface area contributed by atoms with Crippen molar-refractivity contribution in [1.82, 2.24) is 20.8 Å². The van der Waals surface area contributed by atoms with Crippen molar-refractivity contribution in [3.8, 4) is 11.4 Å². The van der Waals surface area contributed by atoms with E-state index in [0.717, 1.165) is 24.9 Å². The number of unbranched alkanes of at least 4 members (excludes halogenated alkanes) is 7. The molecule has 2 N–H and O–H groups in total. The second-order valence-electron chi connectivity index (χ2n) is 7.95. The van der Waals surface area contributed by atoms with E-state index < -0.39 is 0 Å². The molecule has 0 saturated carbocycles. The van der Waals surface area contributed by atoms with Gasteiger partial charge in [0.15, 0.2) is 0 Å². The normalized spacial score (nSPS) is 15.8. The van der Waals surface area contributed by atoms with E-state index in [4.69, 9.17) is 4.52 Å². The van der Waals surface area contributed by atoms with Crippen LogP contribution in [-0.4, -0.2) is 28.6 Å². The van der Waals surface area contributed by atoms with Gasteiger partial charge in [0.1, 0.15) is 0 Å². The summed E-state index contributed by atoms with van der Waals surface area (Å²) in [5.74, 6) is 0.978. The Morgan fingerprint density at radius 3 is 2.45 bits per heavy atom. The molecule has 158 valence electrons. The largest absolute Gasteiger partial charge is 0.346 e. The van der Waals surface area contributed by atoms with E-state index in [1.165, 1.54) is 56.9 Å². The molecule has 1 aliphatic rings. The minimum atomic E-state index is -0.0778. The topological polar surface area (TPSA) is 80.0 Å². The summed E-state index contributed by atoms with van der Waals surface area (Å²) in [6, 6.07) is 8.32. The van der Waals surface area contributed by atoms with Gasteiger partial charge < -0.3 is 15.2 Å². The fourth-order valence-corrected chi connectivity index (χ4v) is 3.53. The lowest BCUT2D eigenvalue weighted by molar-refractivity contribution is -0.125. The minimum Gasteiger partial charge on any atom is -0.346 e. The zero-order valence-electron chi connectivity index (χ0n) is 17.6. The second-order valence-corrected chi connectivity index (χ2v) is 7.95. The van der Waals surface area contributed by atoms with Gasteiger partial charge in [-0.1, -0.05) is 81.3 Å². The van der Waals surface area contributed by atoms with Crippen LogP contribution in [0.5, 0.6) is 0 Å². The molecule has 3 rings (SSSR count). The Labute approximate surface area is 173 Å². The van der Waals surface area contributed by atoms with Crippen LogP contribution in [-0.2, 0) is 17.8 Å². The zero-order valence-corrected chi connectivity index (χ0v) is 17.6. The maximum atomic E-state index is 11.8. The highest BCUT2D eigenvalue weighted by Crippen LogP contribution is 2.18. The van der Waals surface area contributed by atoms with Crippen LogP contribution in [0, 0.1) is 0 Å². The summed E-state index contributed by atoms with van der Waals surface area (Å²) in [7, 11) is 0. The van der Waals surface area contributed by atoms with Crippen LogP contribution in [0.2, 0.25) is 0 Å². The molecule has 1 unspecified atom stereocenters. The molecule has 6 heteroatoms. The summed E-state index contributed by atoms with van der Waals surface area (Å²) in [6.07, 6.45) is 12.7. The van der Waals surface area contributed by atoms with Crippen molar-refractivity contribution >= 4 is 5.91 Å². The molecule has 2 aromatic rings. The first kappa shape index (κ1) is 21.5. The molecule has 29 heavy (non-hydrogen) atoms. The third kappa shape index (κ3) is 6.96. The average molecular weight is 399 g/mol. The highest BCUT2D eigenvalue weighted by Gasteiger charge is 2.24. The van der Waals surface area contributed by atoms with Gasteiger partial charge in [-0.05, 0) is 31.4 Å². The summed E-state index contributed by atoms with van der Waals surface area (Å²) in [5.41, 5.74) is 2.29. The number of rotatable bonds is 13. The predicted octanol–water partition coefficient (Wildman–Crippen LogP) is 4.40. The molecule has 1 fully saturated rings. The summed E-state index contributed by atoms with van der Waals surface area (Å²) in [4.78, 5) is 16.2. The monoisotopic (exact) mass is 398 g/mol. The third-order valence-electron chi connectivity index (χ3n) is 5.55. The van der Waals surface area contributed by atoms with Crippen molar-refractivity contribution in [2.24, 2.45) is 0 Å². The molecule has 1 atom stereocenters. The molecule has 1 aliphatic heterocycles. The second kappa shape index (κ2) is 11.7. The van der Waals surface area contributed by atoms with Crippen molar-refractivity contribution < 1.29 is 9.32 Å². The summed E-state index contributed by atoms with van der Waals surface area (Å²) in [5, 5.41) is 9.93. The van der Waals surface area contributed by atoms with Crippen LogP contribution in [0.15, 0.2) is 28.8 Å². The molecule has 0 spiro atoms. The van der Waals surface area contributed by atoms with Gasteiger partial charge in [0.2, 0.25) is 17.6 Å². The van der Waals surface area contributed by atoms with Gasteiger partial charge in [-0.15, -0.1) is 0 Å². The number of hydrogen-bond donors (Lipinski definition) is 2. The van der Waals surface area contributed by atoms with E-state index >= 15 is 0 Å². The summed E-state index contributed by atoms with van der Waals surface area (Å²) >= 11 is 0. The molecule has 1 aromatic carbocycles. The van der Waals surface area contributed by atoms with Crippen LogP contribution in [0.1, 0.15) is 76.2 Å². The standard InChI is InChI=1S/C23H34N4O2/c1-2-3-4-5-6-7-8-9-10-18-11-13-19(14-12-18)22-26-21(29-27-22)17-25-23(28)20-15-16-24-20/h11-14,20,24H,2-10,15-17H2,1H3,(H,25,28). The first-order chi connectivity index (χ1) is 14.3. The van der Waals surface area contributed by atoms with Crippen molar-refractivity contribution in [2.45, 2.75) is 83.7 Å². The SMILES string of the molecule is CCCCCCCCCCc1ccc(-c2noc(CNC(=O)C3CCN3)n2)cc1. The summed E-state index contributed by atoms with van der Waals surface area (Å²) in [6.45, 7) is 3.43. The lowest BCUT2D eigenvalue weighted by atomic mass is 10.0. The van der Waals surface area contributed by atoms with Crippen LogP contribution in [0.4, 0.5) is 0 Å². The van der Waals surface area contributed by atoms with E-state index in [1.807, 2.05) is 12.1 Å². The van der Waals surface area contributed by atoms with Crippen LogP contribution >= 0.6 is 0 Å². The van der Waals surface area contributed by atoms with E-state index in [1.54, 1.807) is 0 Å². The van der Waals surface area contributed by atoms with E-state index in [2.05, 4.69) is 39.8 Å². The predicted molar refractivity (Wildman–Crippen MR) is 114 cm³/mol. The van der Waals surface area contributed by atoms with Gasteiger partial charge in [0, 0.05) is 5.56 Å². The Kier molecular flexibility index (Phi) is 8.68. The molecule has 0 aliphatic carbocycles. The number of hydrogen-bond acceptors (Lipinski definition) is 5. The van der Waals surface area contributed by atoms with Crippen molar-refractivity contribution in [3.63, 3.8) is 0 Å². The maximum absolute atomic E-state index is 11.8. The molecule has 6 nitrogen and oxygen atoms in total. The molecule has 2 heterocycles. The third-order valence-corrected chi connectivity index (χ3v) is 5.55. The average Bonchev–Trinajstić information content (AvgIpc) is 3.17. The first-order valence-corrected chi connectivity index (χ1v) is 11.2. The van der Waals surface area contributed by atoms with Crippen LogP contribution < -0.4 is 10.6 Å². The smallest absolute Gasteiger partial charge is 0.246 e. The van der Waals surface area contributed by atoms with Gasteiger partial charge in [-0.3, -0.25) is 4.79 Å². The maximum Gasteiger partial charge on any atom is 0.246 e. The minimum absolute atomic E-state index is 0.0127. The molecular formula is C23H34N4O2. The molecule has 1 aromatic heterocycles. The lowest BCUT2D eigenvalue weighted by Crippen LogP contribution is -2.52. The fraction of sp³-hybridized carbons (Fsp3) is 0.609. The Hall–Kier alpha value is -2.21. The van der Waals surface area contributed by atoms with Gasteiger partial charge in [-0.25, -0.2) is 0 Å². The highest BCUT2D eigenvalue weighted by molar-refractivity contribution is 5.82. The fourth-order valence-electron chi connectivity index (χ4n) is 3.53. The van der Waals surface area contributed by atoms with Crippen LogP contribution in [0.3, 0.4) is 0 Å². The molecule has 1 saturated heterocycles. The Balaban J connectivity index is 1.36. The van der Waals surface area contributed by atoms with Gasteiger partial charge in [0.25, 0.3) is 0 Å². The Bertz CT molecular complexity index is 738. The number of carbonyl (C=O) groups is 1. The first-order valence-electron chi connectivity index (χ1n) is 11.2. The van der Waals surface area contributed by atoms with Crippen molar-refractivity contribution in [1.29, 1.82) is 0 Å².